The van der Waals surface area contributed by atoms with Gasteiger partial charge in [0, 0.05) is 25.8 Å². The highest BCUT2D eigenvalue weighted by Crippen LogP contribution is 2.26. The topological polar surface area (TPSA) is 78.8 Å². The molecule has 0 fully saturated rings. The predicted molar refractivity (Wildman–Crippen MR) is 132 cm³/mol. The molecule has 0 saturated carbocycles. The normalized spacial score (nSPS) is 10.9. The highest BCUT2D eigenvalue weighted by molar-refractivity contribution is 5.84. The summed E-state index contributed by atoms with van der Waals surface area (Å²) >= 11 is 0. The number of nitrogens with one attached hydrogen (secondary N) is 2. The van der Waals surface area contributed by atoms with Crippen molar-refractivity contribution in [2.24, 2.45) is 0 Å². The van der Waals surface area contributed by atoms with Crippen LogP contribution in [-0.2, 0) is 13.1 Å². The zero-order valence-corrected chi connectivity index (χ0v) is 18.3. The van der Waals surface area contributed by atoms with E-state index in [-0.39, 0.29) is 5.69 Å². The Bertz CT molecular complexity index is 1380. The number of benzene rings is 3. The summed E-state index contributed by atoms with van der Waals surface area (Å²) < 4.78 is 1.59. The van der Waals surface area contributed by atoms with Gasteiger partial charge in [0.15, 0.2) is 11.5 Å². The molecule has 3 aromatic carbocycles. The van der Waals surface area contributed by atoms with Crippen molar-refractivity contribution in [2.45, 2.75) is 13.1 Å². The maximum atomic E-state index is 13.0. The van der Waals surface area contributed by atoms with Crippen molar-refractivity contribution in [3.63, 3.8) is 0 Å². The van der Waals surface area contributed by atoms with Gasteiger partial charge in [0.05, 0.1) is 5.69 Å². The summed E-state index contributed by atoms with van der Waals surface area (Å²) in [5, 5.41) is 3.11. The van der Waals surface area contributed by atoms with Crippen molar-refractivity contribution in [1.82, 2.24) is 19.5 Å². The molecule has 0 saturated heterocycles. The van der Waals surface area contributed by atoms with Crippen molar-refractivity contribution in [1.29, 1.82) is 0 Å². The van der Waals surface area contributed by atoms with E-state index in [0.717, 1.165) is 22.5 Å². The number of fused-ring (bicyclic) bond motifs is 1. The summed E-state index contributed by atoms with van der Waals surface area (Å²) in [7, 11) is 1.85. The van der Waals surface area contributed by atoms with Gasteiger partial charge in [-0.25, -0.2) is 19.3 Å². The van der Waals surface area contributed by atoms with E-state index in [1.165, 1.54) is 6.33 Å². The summed E-state index contributed by atoms with van der Waals surface area (Å²) in [5.74, 6) is 0.688. The highest BCUT2D eigenvalue weighted by atomic mass is 16.1. The fourth-order valence-corrected chi connectivity index (χ4v) is 4.00. The summed E-state index contributed by atoms with van der Waals surface area (Å²) in [6.45, 7) is 1.29. The van der Waals surface area contributed by atoms with Crippen LogP contribution >= 0.6 is 0 Å². The second kappa shape index (κ2) is 9.00. The lowest BCUT2D eigenvalue weighted by molar-refractivity contribution is 0.785. The molecule has 0 unspecified atom stereocenters. The second-order valence-corrected chi connectivity index (χ2v) is 7.79. The SMILES string of the molecule is CNc1cccc(-n2c(=O)[nH]c3c(N(Cc4ccccc4)Cc4ccccc4)ncnc32)c1. The van der Waals surface area contributed by atoms with Crippen LogP contribution in [0.4, 0.5) is 11.5 Å². The molecule has 7 nitrogen and oxygen atoms in total. The van der Waals surface area contributed by atoms with Gasteiger partial charge in [0.25, 0.3) is 0 Å². The Labute approximate surface area is 191 Å². The molecule has 0 radical (unpaired) electrons. The number of H-pyrrole nitrogens is 1. The smallest absolute Gasteiger partial charge is 0.332 e. The van der Waals surface area contributed by atoms with Gasteiger partial charge >= 0.3 is 5.69 Å². The minimum absolute atomic E-state index is 0.251. The first kappa shape index (κ1) is 20.5. The van der Waals surface area contributed by atoms with Crippen LogP contribution in [0.1, 0.15) is 11.1 Å². The maximum absolute atomic E-state index is 13.0. The predicted octanol–water partition coefficient (Wildman–Crippen LogP) is 4.36. The van der Waals surface area contributed by atoms with Gasteiger partial charge in [-0.2, -0.15) is 0 Å². The molecule has 0 aliphatic rings. The van der Waals surface area contributed by atoms with Gasteiger partial charge < -0.3 is 15.2 Å². The van der Waals surface area contributed by atoms with E-state index in [4.69, 9.17) is 0 Å². The number of rotatable bonds is 7. The molecule has 0 aliphatic heterocycles. The number of aromatic nitrogens is 4. The molecule has 7 heteroatoms. The third-order valence-electron chi connectivity index (χ3n) is 5.58. The minimum atomic E-state index is -0.251. The molecule has 2 N–H and O–H groups in total. The molecule has 0 aliphatic carbocycles. The van der Waals surface area contributed by atoms with Crippen molar-refractivity contribution >= 4 is 22.7 Å². The minimum Gasteiger partial charge on any atom is -0.388 e. The van der Waals surface area contributed by atoms with Crippen LogP contribution in [-0.4, -0.2) is 26.6 Å². The summed E-state index contributed by atoms with van der Waals surface area (Å²) in [4.78, 5) is 27.3. The van der Waals surface area contributed by atoms with Crippen LogP contribution in [0, 0.1) is 0 Å². The Balaban J connectivity index is 1.63. The number of aromatic amines is 1. The monoisotopic (exact) mass is 436 g/mol. The lowest BCUT2D eigenvalue weighted by Crippen LogP contribution is -2.23. The number of imidazole rings is 1. The number of nitrogens with zero attached hydrogens (tertiary/aromatic N) is 4. The molecule has 0 atom stereocenters. The number of hydrogen-bond donors (Lipinski definition) is 2. The molecule has 2 heterocycles. The average Bonchev–Trinajstić information content (AvgIpc) is 3.21. The lowest BCUT2D eigenvalue weighted by atomic mass is 10.1. The molecule has 0 spiro atoms. The van der Waals surface area contributed by atoms with Crippen LogP contribution in [0.5, 0.6) is 0 Å². The number of anilines is 2. The Morgan fingerprint density at radius 3 is 2.18 bits per heavy atom. The maximum Gasteiger partial charge on any atom is 0.332 e. The summed E-state index contributed by atoms with van der Waals surface area (Å²) in [6.07, 6.45) is 1.52. The van der Waals surface area contributed by atoms with Crippen LogP contribution in [0.15, 0.2) is 96.1 Å². The van der Waals surface area contributed by atoms with E-state index in [0.29, 0.717) is 30.1 Å². The van der Waals surface area contributed by atoms with Crippen molar-refractivity contribution in [3.8, 4) is 5.69 Å². The quantitative estimate of drug-likeness (QED) is 0.396. The van der Waals surface area contributed by atoms with E-state index in [9.17, 15) is 4.79 Å². The lowest BCUT2D eigenvalue weighted by Gasteiger charge is -2.24. The molecule has 0 bridgehead atoms. The van der Waals surface area contributed by atoms with Gasteiger partial charge in [-0.1, -0.05) is 66.7 Å². The third-order valence-corrected chi connectivity index (χ3v) is 5.58. The van der Waals surface area contributed by atoms with Crippen LogP contribution in [0.2, 0.25) is 0 Å². The van der Waals surface area contributed by atoms with Gasteiger partial charge in [-0.05, 0) is 29.3 Å². The zero-order valence-electron chi connectivity index (χ0n) is 18.3. The third kappa shape index (κ3) is 4.21. The second-order valence-electron chi connectivity index (χ2n) is 7.79. The van der Waals surface area contributed by atoms with E-state index in [1.807, 2.05) is 67.7 Å². The fraction of sp³-hybridized carbons (Fsp3) is 0.115. The van der Waals surface area contributed by atoms with E-state index in [2.05, 4.69) is 49.4 Å². The molecule has 164 valence electrons. The molecule has 33 heavy (non-hydrogen) atoms. The van der Waals surface area contributed by atoms with Gasteiger partial charge in [-0.15, -0.1) is 0 Å². The molecular formula is C26H24N6O. The van der Waals surface area contributed by atoms with E-state index >= 15 is 0 Å². The molecule has 0 amide bonds. The van der Waals surface area contributed by atoms with Gasteiger partial charge in [-0.3, -0.25) is 0 Å². The highest BCUT2D eigenvalue weighted by Gasteiger charge is 2.19. The molecular weight excluding hydrogens is 412 g/mol. The Morgan fingerprint density at radius 1 is 0.879 bits per heavy atom. The van der Waals surface area contributed by atoms with Crippen molar-refractivity contribution in [2.75, 3.05) is 17.3 Å². The standard InChI is InChI=1S/C26H24N6O/c1-27-21-13-8-14-22(15-21)32-25-23(30-26(32)33)24(28-18-29-25)31(16-19-9-4-2-5-10-19)17-20-11-6-3-7-12-20/h2-15,18,27H,16-17H2,1H3,(H,30,33). The Kier molecular flexibility index (Phi) is 5.59. The van der Waals surface area contributed by atoms with E-state index < -0.39 is 0 Å². The first-order chi connectivity index (χ1) is 16.2. The summed E-state index contributed by atoms with van der Waals surface area (Å²) in [5.41, 5.74) is 4.87. The molecule has 5 aromatic rings. The van der Waals surface area contributed by atoms with E-state index in [1.54, 1.807) is 4.57 Å². The van der Waals surface area contributed by atoms with Crippen LogP contribution in [0.25, 0.3) is 16.9 Å². The molecule has 5 rings (SSSR count). The fourth-order valence-electron chi connectivity index (χ4n) is 4.00. The number of hydrogen-bond acceptors (Lipinski definition) is 5. The largest absolute Gasteiger partial charge is 0.388 e. The van der Waals surface area contributed by atoms with Crippen molar-refractivity contribution in [3.05, 3.63) is 113 Å². The molecule has 2 aromatic heterocycles. The summed E-state index contributed by atoms with van der Waals surface area (Å²) in [6, 6.07) is 28.1. The Morgan fingerprint density at radius 2 is 1.55 bits per heavy atom. The van der Waals surface area contributed by atoms with Gasteiger partial charge in [0.1, 0.15) is 11.8 Å². The Hall–Kier alpha value is -4.39. The van der Waals surface area contributed by atoms with Crippen LogP contribution < -0.4 is 15.9 Å². The van der Waals surface area contributed by atoms with Crippen molar-refractivity contribution < 1.29 is 0 Å². The zero-order chi connectivity index (χ0) is 22.6. The van der Waals surface area contributed by atoms with Crippen LogP contribution in [0.3, 0.4) is 0 Å². The van der Waals surface area contributed by atoms with Gasteiger partial charge in [0.2, 0.25) is 0 Å². The first-order valence-electron chi connectivity index (χ1n) is 10.8. The average molecular weight is 437 g/mol. The first-order valence-corrected chi connectivity index (χ1v) is 10.8.